The van der Waals surface area contributed by atoms with Crippen LogP contribution in [0.1, 0.15) is 58.3 Å². The molecular weight excluding hydrogens is 222 g/mol. The number of allylic oxidation sites excluding steroid dienone is 1. The Labute approximate surface area is 110 Å². The van der Waals surface area contributed by atoms with Gasteiger partial charge in [-0.15, -0.1) is 0 Å². The molecule has 0 aliphatic heterocycles. The van der Waals surface area contributed by atoms with E-state index in [-0.39, 0.29) is 0 Å². The fraction of sp³-hybridized carbons (Fsp3) is 0.812. The van der Waals surface area contributed by atoms with Crippen LogP contribution in [0.25, 0.3) is 0 Å². The zero-order valence-corrected chi connectivity index (χ0v) is 11.5. The Balaban J connectivity index is 1.56. The molecule has 3 aliphatic rings. The number of ketones is 1. The predicted octanol–water partition coefficient (Wildman–Crippen LogP) is 3.43. The van der Waals surface area contributed by atoms with Crippen molar-refractivity contribution in [1.29, 1.82) is 0 Å². The van der Waals surface area contributed by atoms with Crippen LogP contribution in [0, 0.1) is 17.8 Å². The van der Waals surface area contributed by atoms with Crippen molar-refractivity contribution in [2.24, 2.45) is 17.8 Å². The van der Waals surface area contributed by atoms with Crippen LogP contribution in [-0.2, 0) is 4.79 Å². The van der Waals surface area contributed by atoms with E-state index in [4.69, 9.17) is 0 Å². The molecule has 2 heteroatoms. The summed E-state index contributed by atoms with van der Waals surface area (Å²) in [6.07, 6.45) is 11.8. The molecule has 4 atom stereocenters. The van der Waals surface area contributed by atoms with Gasteiger partial charge in [0.05, 0.1) is 0 Å². The second-order valence-corrected chi connectivity index (χ2v) is 6.59. The van der Waals surface area contributed by atoms with Crippen LogP contribution in [0.15, 0.2) is 11.8 Å². The van der Waals surface area contributed by atoms with Crippen molar-refractivity contribution < 1.29 is 4.79 Å². The average Bonchev–Trinajstić information content (AvgIpc) is 2.99. The topological polar surface area (TPSA) is 29.1 Å². The summed E-state index contributed by atoms with van der Waals surface area (Å²) in [5.74, 6) is 3.18. The molecule has 0 radical (unpaired) electrons. The van der Waals surface area contributed by atoms with Crippen LogP contribution in [0.3, 0.4) is 0 Å². The van der Waals surface area contributed by atoms with E-state index in [2.05, 4.69) is 12.2 Å². The van der Waals surface area contributed by atoms with Gasteiger partial charge in [-0.2, -0.15) is 0 Å². The highest BCUT2D eigenvalue weighted by Crippen LogP contribution is 2.49. The van der Waals surface area contributed by atoms with Crippen molar-refractivity contribution in [1.82, 2.24) is 5.32 Å². The first-order valence-corrected chi connectivity index (χ1v) is 7.72. The van der Waals surface area contributed by atoms with Gasteiger partial charge in [-0.05, 0) is 63.2 Å². The molecule has 0 aromatic rings. The molecule has 0 aromatic heterocycles. The number of rotatable bonds is 3. The molecule has 0 saturated heterocycles. The quantitative estimate of drug-likeness (QED) is 0.774. The van der Waals surface area contributed by atoms with Gasteiger partial charge in [-0.25, -0.2) is 0 Å². The minimum atomic E-state index is 0.369. The van der Waals surface area contributed by atoms with Crippen molar-refractivity contribution in [2.45, 2.75) is 64.3 Å². The fourth-order valence-corrected chi connectivity index (χ4v) is 4.32. The molecule has 3 saturated carbocycles. The van der Waals surface area contributed by atoms with E-state index in [1.165, 1.54) is 32.1 Å². The van der Waals surface area contributed by atoms with E-state index in [9.17, 15) is 4.79 Å². The summed E-state index contributed by atoms with van der Waals surface area (Å²) in [5, 5.41) is 3.53. The second-order valence-electron chi connectivity index (χ2n) is 6.59. The Morgan fingerprint density at radius 1 is 1.22 bits per heavy atom. The zero-order chi connectivity index (χ0) is 12.5. The van der Waals surface area contributed by atoms with Crippen molar-refractivity contribution in [2.75, 3.05) is 0 Å². The summed E-state index contributed by atoms with van der Waals surface area (Å²) in [5.41, 5.74) is 1.04. The highest BCUT2D eigenvalue weighted by molar-refractivity contribution is 5.95. The third-order valence-corrected chi connectivity index (χ3v) is 5.41. The van der Waals surface area contributed by atoms with Gasteiger partial charge in [0.2, 0.25) is 0 Å². The van der Waals surface area contributed by atoms with Gasteiger partial charge in [0.15, 0.2) is 5.78 Å². The number of hydrogen-bond acceptors (Lipinski definition) is 2. The lowest BCUT2D eigenvalue weighted by molar-refractivity contribution is -0.116. The molecule has 0 amide bonds. The van der Waals surface area contributed by atoms with Crippen LogP contribution in [0.4, 0.5) is 0 Å². The Morgan fingerprint density at radius 3 is 2.72 bits per heavy atom. The first-order valence-electron chi connectivity index (χ1n) is 7.72. The van der Waals surface area contributed by atoms with Gasteiger partial charge in [0.1, 0.15) is 0 Å². The smallest absolute Gasteiger partial charge is 0.160 e. The molecule has 1 N–H and O–H groups in total. The molecule has 0 aromatic carbocycles. The Hall–Kier alpha value is -0.790. The first-order chi connectivity index (χ1) is 8.74. The third-order valence-electron chi connectivity index (χ3n) is 5.41. The first kappa shape index (κ1) is 12.3. The van der Waals surface area contributed by atoms with Gasteiger partial charge in [-0.1, -0.05) is 6.42 Å². The van der Waals surface area contributed by atoms with Gasteiger partial charge >= 0.3 is 0 Å². The van der Waals surface area contributed by atoms with Crippen LogP contribution < -0.4 is 5.32 Å². The number of nitrogens with one attached hydrogen (secondary N) is 1. The standard InChI is InChI=1S/C16H25NO/c1-11(15-9-12-6-7-13(15)8-12)17-10-14-4-2-3-5-16(14)18/h10-13,15,17H,2-9H2,1H3. The van der Waals surface area contributed by atoms with Crippen LogP contribution >= 0.6 is 0 Å². The molecule has 0 spiro atoms. The second kappa shape index (κ2) is 5.07. The number of Topliss-reactive ketones (excluding diaryl/α,β-unsaturated/α-hetero) is 1. The monoisotopic (exact) mass is 247 g/mol. The zero-order valence-electron chi connectivity index (χ0n) is 11.5. The largest absolute Gasteiger partial charge is 0.388 e. The van der Waals surface area contributed by atoms with Crippen LogP contribution in [0.2, 0.25) is 0 Å². The van der Waals surface area contributed by atoms with Crippen LogP contribution in [0.5, 0.6) is 0 Å². The van der Waals surface area contributed by atoms with E-state index >= 15 is 0 Å². The van der Waals surface area contributed by atoms with E-state index in [1.54, 1.807) is 0 Å². The maximum atomic E-state index is 11.7. The minimum Gasteiger partial charge on any atom is -0.388 e. The molecule has 3 rings (SSSR count). The Morgan fingerprint density at radius 2 is 2.06 bits per heavy atom. The van der Waals surface area contributed by atoms with Gasteiger partial charge in [0, 0.05) is 24.2 Å². The van der Waals surface area contributed by atoms with Crippen LogP contribution in [-0.4, -0.2) is 11.8 Å². The summed E-state index contributed by atoms with van der Waals surface area (Å²) < 4.78 is 0. The van der Waals surface area contributed by atoms with Crippen molar-refractivity contribution >= 4 is 5.78 Å². The molecule has 2 bridgehead atoms. The Kier molecular flexibility index (Phi) is 3.45. The molecular formula is C16H25NO. The van der Waals surface area contributed by atoms with Crippen molar-refractivity contribution in [3.63, 3.8) is 0 Å². The molecule has 2 nitrogen and oxygen atoms in total. The maximum absolute atomic E-state index is 11.7. The lowest BCUT2D eigenvalue weighted by Gasteiger charge is -2.28. The number of carbonyl (C=O) groups is 1. The predicted molar refractivity (Wildman–Crippen MR) is 73.1 cm³/mol. The van der Waals surface area contributed by atoms with E-state index in [0.717, 1.165) is 42.6 Å². The molecule has 3 aliphatic carbocycles. The maximum Gasteiger partial charge on any atom is 0.160 e. The number of fused-ring (bicyclic) bond motifs is 2. The van der Waals surface area contributed by atoms with Crippen molar-refractivity contribution in [3.8, 4) is 0 Å². The highest BCUT2D eigenvalue weighted by atomic mass is 16.1. The average molecular weight is 247 g/mol. The van der Waals surface area contributed by atoms with E-state index in [1.807, 2.05) is 6.20 Å². The lowest BCUT2D eigenvalue weighted by atomic mass is 9.84. The van der Waals surface area contributed by atoms with Crippen molar-refractivity contribution in [3.05, 3.63) is 11.8 Å². The number of carbonyl (C=O) groups excluding carboxylic acids is 1. The fourth-order valence-electron chi connectivity index (χ4n) is 4.32. The van der Waals surface area contributed by atoms with Gasteiger partial charge < -0.3 is 5.32 Å². The summed E-state index contributed by atoms with van der Waals surface area (Å²) in [4.78, 5) is 11.7. The minimum absolute atomic E-state index is 0.369. The normalized spacial score (nSPS) is 39.3. The summed E-state index contributed by atoms with van der Waals surface area (Å²) >= 11 is 0. The molecule has 4 unspecified atom stereocenters. The summed E-state index contributed by atoms with van der Waals surface area (Å²) in [6.45, 7) is 2.30. The van der Waals surface area contributed by atoms with Gasteiger partial charge in [0.25, 0.3) is 0 Å². The Bertz CT molecular complexity index is 360. The summed E-state index contributed by atoms with van der Waals surface area (Å²) in [6, 6.07) is 0.544. The van der Waals surface area contributed by atoms with E-state index in [0.29, 0.717) is 11.8 Å². The third kappa shape index (κ3) is 2.34. The molecule has 100 valence electrons. The lowest BCUT2D eigenvalue weighted by Crippen LogP contribution is -2.33. The highest BCUT2D eigenvalue weighted by Gasteiger charge is 2.41. The molecule has 0 heterocycles. The molecule has 18 heavy (non-hydrogen) atoms. The summed E-state index contributed by atoms with van der Waals surface area (Å²) in [7, 11) is 0. The van der Waals surface area contributed by atoms with Gasteiger partial charge in [-0.3, -0.25) is 4.79 Å². The van der Waals surface area contributed by atoms with E-state index < -0.39 is 0 Å². The number of hydrogen-bond donors (Lipinski definition) is 1. The molecule has 3 fully saturated rings. The SMILES string of the molecule is CC(NC=C1CCCCC1=O)C1CC2CCC1C2.